The molecule has 1 rings (SSSR count). The maximum Gasteiger partial charge on any atom is 0.0558 e. The fraction of sp³-hybridized carbons (Fsp3) is 1.00. The summed E-state index contributed by atoms with van der Waals surface area (Å²) in [6.07, 6.45) is 1.17. The van der Waals surface area contributed by atoms with E-state index in [4.69, 9.17) is 5.11 Å². The van der Waals surface area contributed by atoms with Crippen LogP contribution >= 0.6 is 12.6 Å². The molecule has 0 saturated carbocycles. The third kappa shape index (κ3) is 2.16. The van der Waals surface area contributed by atoms with Gasteiger partial charge in [0.2, 0.25) is 0 Å². The molecule has 0 aliphatic carbocycles. The molecule has 0 bridgehead atoms. The molecule has 0 radical (unpaired) electrons. The van der Waals surface area contributed by atoms with Gasteiger partial charge in [0.05, 0.1) is 6.61 Å². The maximum absolute atomic E-state index is 8.55. The molecule has 0 aromatic carbocycles. The molecule has 1 N–H and O–H groups in total. The third-order valence-corrected chi connectivity index (χ3v) is 2.09. The van der Waals surface area contributed by atoms with Gasteiger partial charge >= 0.3 is 0 Å². The van der Waals surface area contributed by atoms with Crippen molar-refractivity contribution in [3.8, 4) is 0 Å². The van der Waals surface area contributed by atoms with Crippen LogP contribution in [-0.2, 0) is 0 Å². The highest BCUT2D eigenvalue weighted by atomic mass is 32.1. The van der Waals surface area contributed by atoms with Gasteiger partial charge in [0.15, 0.2) is 0 Å². The van der Waals surface area contributed by atoms with Crippen LogP contribution in [0.5, 0.6) is 0 Å². The number of β-amino-alcohol motifs (C(OH)–C–C–N with tert-alkyl or cyclic N) is 1. The molecular weight excluding hydrogens is 134 g/mol. The summed E-state index contributed by atoms with van der Waals surface area (Å²) in [7, 11) is 0. The third-order valence-electron chi connectivity index (χ3n) is 1.66. The summed E-state index contributed by atoms with van der Waals surface area (Å²) in [6, 6.07) is 0. The molecule has 9 heavy (non-hydrogen) atoms. The van der Waals surface area contributed by atoms with Crippen molar-refractivity contribution in [2.45, 2.75) is 11.7 Å². The Balaban J connectivity index is 2.14. The number of rotatable bonds is 2. The Morgan fingerprint density at radius 2 is 2.44 bits per heavy atom. The zero-order valence-electron chi connectivity index (χ0n) is 5.45. The first kappa shape index (κ1) is 7.38. The predicted octanol–water partition coefficient (Wildman–Crippen LogP) is -0.0172. The average molecular weight is 147 g/mol. The minimum Gasteiger partial charge on any atom is -0.395 e. The van der Waals surface area contributed by atoms with Crippen LogP contribution in [0.1, 0.15) is 6.42 Å². The lowest BCUT2D eigenvalue weighted by molar-refractivity contribution is 0.222. The van der Waals surface area contributed by atoms with Crippen molar-refractivity contribution < 1.29 is 5.11 Å². The summed E-state index contributed by atoms with van der Waals surface area (Å²) in [5.41, 5.74) is 0. The van der Waals surface area contributed by atoms with E-state index in [1.54, 1.807) is 0 Å². The molecule has 0 amide bonds. The van der Waals surface area contributed by atoms with Crippen molar-refractivity contribution in [2.24, 2.45) is 0 Å². The number of aliphatic hydroxyl groups excluding tert-OH is 1. The van der Waals surface area contributed by atoms with Crippen LogP contribution in [-0.4, -0.2) is 41.5 Å². The predicted molar refractivity (Wildman–Crippen MR) is 40.9 cm³/mol. The highest BCUT2D eigenvalue weighted by Gasteiger charge is 2.17. The van der Waals surface area contributed by atoms with E-state index in [2.05, 4.69) is 17.5 Å². The quantitative estimate of drug-likeness (QED) is 0.536. The number of thiol groups is 1. The second kappa shape index (κ2) is 3.44. The Labute approximate surface area is 61.3 Å². The zero-order valence-corrected chi connectivity index (χ0v) is 6.35. The summed E-state index contributed by atoms with van der Waals surface area (Å²) >= 11 is 4.32. The summed E-state index contributed by atoms with van der Waals surface area (Å²) in [5, 5.41) is 9.08. The van der Waals surface area contributed by atoms with Gasteiger partial charge in [0.1, 0.15) is 0 Å². The number of likely N-dealkylation sites (tertiary alicyclic amines) is 1. The standard InChI is InChI=1S/C6H13NOS/c8-4-3-7-2-1-6(9)5-7/h6,8-9H,1-5H2. The number of hydrogen-bond acceptors (Lipinski definition) is 3. The van der Waals surface area contributed by atoms with Crippen LogP contribution in [0.4, 0.5) is 0 Å². The van der Waals surface area contributed by atoms with Gasteiger partial charge in [-0.2, -0.15) is 12.6 Å². The van der Waals surface area contributed by atoms with Gasteiger partial charge in [-0.15, -0.1) is 0 Å². The topological polar surface area (TPSA) is 23.5 Å². The van der Waals surface area contributed by atoms with Crippen LogP contribution in [0.2, 0.25) is 0 Å². The monoisotopic (exact) mass is 147 g/mol. The van der Waals surface area contributed by atoms with E-state index < -0.39 is 0 Å². The van der Waals surface area contributed by atoms with Gasteiger partial charge in [-0.3, -0.25) is 4.90 Å². The Kier molecular flexibility index (Phi) is 2.82. The SMILES string of the molecule is OCCN1CCC(S)C1. The molecule has 1 fully saturated rings. The van der Waals surface area contributed by atoms with E-state index in [1.165, 1.54) is 6.42 Å². The fourth-order valence-corrected chi connectivity index (χ4v) is 1.50. The van der Waals surface area contributed by atoms with Gasteiger partial charge in [-0.05, 0) is 13.0 Å². The Bertz CT molecular complexity index is 87.1. The second-order valence-electron chi connectivity index (χ2n) is 2.47. The first-order valence-corrected chi connectivity index (χ1v) is 3.86. The van der Waals surface area contributed by atoms with Crippen LogP contribution in [0.25, 0.3) is 0 Å². The van der Waals surface area contributed by atoms with Gasteiger partial charge in [-0.1, -0.05) is 0 Å². The van der Waals surface area contributed by atoms with E-state index in [1.807, 2.05) is 0 Å². The lowest BCUT2D eigenvalue weighted by Gasteiger charge is -2.11. The van der Waals surface area contributed by atoms with Crippen molar-refractivity contribution in [3.63, 3.8) is 0 Å². The Morgan fingerprint density at radius 3 is 2.89 bits per heavy atom. The van der Waals surface area contributed by atoms with E-state index in [0.717, 1.165) is 19.6 Å². The fourth-order valence-electron chi connectivity index (χ4n) is 1.16. The molecule has 1 aliphatic heterocycles. The van der Waals surface area contributed by atoms with Crippen LogP contribution < -0.4 is 0 Å². The largest absolute Gasteiger partial charge is 0.395 e. The summed E-state index contributed by atoms with van der Waals surface area (Å²) in [5.74, 6) is 0. The maximum atomic E-state index is 8.55. The van der Waals surface area contributed by atoms with Gasteiger partial charge in [0, 0.05) is 18.3 Å². The van der Waals surface area contributed by atoms with Gasteiger partial charge < -0.3 is 5.11 Å². The smallest absolute Gasteiger partial charge is 0.0558 e. The average Bonchev–Trinajstić information content (AvgIpc) is 2.17. The van der Waals surface area contributed by atoms with Crippen molar-refractivity contribution in [3.05, 3.63) is 0 Å². The van der Waals surface area contributed by atoms with Crippen molar-refractivity contribution in [1.82, 2.24) is 4.90 Å². The highest BCUT2D eigenvalue weighted by Crippen LogP contribution is 2.12. The van der Waals surface area contributed by atoms with Crippen molar-refractivity contribution in [2.75, 3.05) is 26.2 Å². The minimum absolute atomic E-state index is 0.278. The van der Waals surface area contributed by atoms with Crippen LogP contribution in [0.3, 0.4) is 0 Å². The first-order valence-electron chi connectivity index (χ1n) is 3.34. The lowest BCUT2D eigenvalue weighted by atomic mass is 10.4. The minimum atomic E-state index is 0.278. The van der Waals surface area contributed by atoms with Crippen LogP contribution in [0.15, 0.2) is 0 Å². The lowest BCUT2D eigenvalue weighted by Crippen LogP contribution is -2.24. The molecule has 54 valence electrons. The molecular formula is C6H13NOS. The van der Waals surface area contributed by atoms with E-state index >= 15 is 0 Å². The number of hydrogen-bond donors (Lipinski definition) is 2. The molecule has 1 aliphatic rings. The molecule has 1 saturated heterocycles. The molecule has 1 unspecified atom stereocenters. The number of nitrogens with zero attached hydrogens (tertiary/aromatic N) is 1. The van der Waals surface area contributed by atoms with Gasteiger partial charge in [-0.25, -0.2) is 0 Å². The highest BCUT2D eigenvalue weighted by molar-refractivity contribution is 7.81. The normalized spacial score (nSPS) is 29.3. The molecule has 3 heteroatoms. The van der Waals surface area contributed by atoms with Crippen molar-refractivity contribution in [1.29, 1.82) is 0 Å². The second-order valence-corrected chi connectivity index (χ2v) is 3.20. The first-order chi connectivity index (χ1) is 4.33. The molecule has 1 atom stereocenters. The van der Waals surface area contributed by atoms with Crippen molar-refractivity contribution >= 4 is 12.6 Å². The molecule has 0 aromatic heterocycles. The molecule has 2 nitrogen and oxygen atoms in total. The number of aliphatic hydroxyl groups is 1. The van der Waals surface area contributed by atoms with E-state index in [-0.39, 0.29) is 6.61 Å². The van der Waals surface area contributed by atoms with E-state index in [9.17, 15) is 0 Å². The van der Waals surface area contributed by atoms with E-state index in [0.29, 0.717) is 5.25 Å². The summed E-state index contributed by atoms with van der Waals surface area (Å²) in [4.78, 5) is 2.23. The molecule has 0 aromatic rings. The molecule has 0 spiro atoms. The Hall–Kier alpha value is 0.270. The van der Waals surface area contributed by atoms with Crippen LogP contribution in [0, 0.1) is 0 Å². The summed E-state index contributed by atoms with van der Waals surface area (Å²) < 4.78 is 0. The Morgan fingerprint density at radius 1 is 1.67 bits per heavy atom. The molecule has 1 heterocycles. The summed E-state index contributed by atoms with van der Waals surface area (Å²) in [6.45, 7) is 3.25. The zero-order chi connectivity index (χ0) is 6.69. The van der Waals surface area contributed by atoms with Gasteiger partial charge in [0.25, 0.3) is 0 Å².